The van der Waals surface area contributed by atoms with E-state index in [-0.39, 0.29) is 5.91 Å². The second-order valence-electron chi connectivity index (χ2n) is 5.14. The lowest BCUT2D eigenvalue weighted by Gasteiger charge is -2.46. The van der Waals surface area contributed by atoms with Crippen molar-refractivity contribution in [3.05, 3.63) is 29.8 Å². The Morgan fingerprint density at radius 2 is 2.11 bits per heavy atom. The van der Waals surface area contributed by atoms with Crippen molar-refractivity contribution in [1.29, 1.82) is 0 Å². The van der Waals surface area contributed by atoms with Gasteiger partial charge in [0, 0.05) is 6.42 Å². The summed E-state index contributed by atoms with van der Waals surface area (Å²) >= 11 is 0. The van der Waals surface area contributed by atoms with Crippen molar-refractivity contribution in [2.75, 3.05) is 20.2 Å². The number of aryl methyl sites for hydroxylation is 1. The van der Waals surface area contributed by atoms with E-state index in [1.807, 2.05) is 31.2 Å². The molecule has 1 aliphatic heterocycles. The van der Waals surface area contributed by atoms with Gasteiger partial charge in [-0.05, 0) is 24.5 Å². The van der Waals surface area contributed by atoms with E-state index in [4.69, 9.17) is 4.74 Å². The van der Waals surface area contributed by atoms with Crippen LogP contribution in [0.4, 0.5) is 0 Å². The Hall–Kier alpha value is -1.55. The molecule has 1 aromatic carbocycles. The molecule has 1 fully saturated rings. The van der Waals surface area contributed by atoms with E-state index in [2.05, 4.69) is 0 Å². The molecule has 0 unspecified atom stereocenters. The zero-order valence-corrected chi connectivity index (χ0v) is 11.6. The van der Waals surface area contributed by atoms with Crippen molar-refractivity contribution >= 4 is 5.91 Å². The van der Waals surface area contributed by atoms with Crippen LogP contribution in [0.2, 0.25) is 0 Å². The zero-order valence-electron chi connectivity index (χ0n) is 11.6. The quantitative estimate of drug-likeness (QED) is 0.878. The molecule has 0 aliphatic carbocycles. The van der Waals surface area contributed by atoms with Crippen LogP contribution in [0.1, 0.15) is 25.3 Å². The summed E-state index contributed by atoms with van der Waals surface area (Å²) < 4.78 is 5.26. The second kappa shape index (κ2) is 5.61. The van der Waals surface area contributed by atoms with Crippen molar-refractivity contribution in [3.8, 4) is 5.75 Å². The topological polar surface area (TPSA) is 49.8 Å². The smallest absolute Gasteiger partial charge is 0.223 e. The van der Waals surface area contributed by atoms with Crippen LogP contribution in [0.15, 0.2) is 24.3 Å². The predicted molar refractivity (Wildman–Crippen MR) is 73.1 cm³/mol. The highest BCUT2D eigenvalue weighted by Crippen LogP contribution is 2.25. The molecule has 1 aliphatic rings. The first-order chi connectivity index (χ1) is 9.08. The first-order valence-electron chi connectivity index (χ1n) is 6.70. The molecule has 1 saturated heterocycles. The highest BCUT2D eigenvalue weighted by Gasteiger charge is 2.41. The number of ether oxygens (including phenoxy) is 1. The molecule has 4 heteroatoms. The van der Waals surface area contributed by atoms with Gasteiger partial charge in [-0.2, -0.15) is 0 Å². The first kappa shape index (κ1) is 13.9. The first-order valence-corrected chi connectivity index (χ1v) is 6.70. The molecular weight excluding hydrogens is 242 g/mol. The largest absolute Gasteiger partial charge is 0.496 e. The summed E-state index contributed by atoms with van der Waals surface area (Å²) in [6.07, 6.45) is 1.83. The fourth-order valence-electron chi connectivity index (χ4n) is 2.37. The molecule has 4 nitrogen and oxygen atoms in total. The molecular formula is C15H21NO3. The van der Waals surface area contributed by atoms with Crippen LogP contribution in [0.25, 0.3) is 0 Å². The summed E-state index contributed by atoms with van der Waals surface area (Å²) in [7, 11) is 1.64. The van der Waals surface area contributed by atoms with Crippen LogP contribution >= 0.6 is 0 Å². The Morgan fingerprint density at radius 3 is 2.74 bits per heavy atom. The van der Waals surface area contributed by atoms with E-state index in [0.29, 0.717) is 32.4 Å². The summed E-state index contributed by atoms with van der Waals surface area (Å²) in [6.45, 7) is 2.87. The molecule has 0 aromatic heterocycles. The minimum absolute atomic E-state index is 0.101. The fraction of sp³-hybridized carbons (Fsp3) is 0.533. The summed E-state index contributed by atoms with van der Waals surface area (Å²) in [6, 6.07) is 7.74. The van der Waals surface area contributed by atoms with E-state index in [1.54, 1.807) is 12.0 Å². The molecule has 1 aromatic rings. The van der Waals surface area contributed by atoms with Gasteiger partial charge < -0.3 is 14.7 Å². The lowest BCUT2D eigenvalue weighted by atomic mass is 9.91. The highest BCUT2D eigenvalue weighted by molar-refractivity contribution is 5.77. The molecule has 1 amide bonds. The molecule has 0 spiro atoms. The molecule has 0 atom stereocenters. The molecule has 1 N–H and O–H groups in total. The van der Waals surface area contributed by atoms with Gasteiger partial charge in [0.1, 0.15) is 5.75 Å². The van der Waals surface area contributed by atoms with Crippen LogP contribution in [0.5, 0.6) is 5.75 Å². The van der Waals surface area contributed by atoms with Crippen LogP contribution in [-0.4, -0.2) is 41.7 Å². The number of carbonyl (C=O) groups excluding carboxylic acids is 1. The van der Waals surface area contributed by atoms with Crippen LogP contribution < -0.4 is 4.74 Å². The number of benzene rings is 1. The van der Waals surface area contributed by atoms with Gasteiger partial charge in [0.05, 0.1) is 25.8 Å². The summed E-state index contributed by atoms with van der Waals surface area (Å²) in [4.78, 5) is 13.7. The normalized spacial score (nSPS) is 16.9. The number of β-amino-alcohol motifs (C(OH)–C–C–N with tert-alkyl or cyclic N) is 1. The number of aliphatic hydroxyl groups is 1. The number of hydrogen-bond acceptors (Lipinski definition) is 3. The summed E-state index contributed by atoms with van der Waals surface area (Å²) in [5.74, 6) is 0.924. The molecule has 2 rings (SSSR count). The second-order valence-corrected chi connectivity index (χ2v) is 5.14. The van der Waals surface area contributed by atoms with Gasteiger partial charge in [0.25, 0.3) is 0 Å². The minimum Gasteiger partial charge on any atom is -0.496 e. The monoisotopic (exact) mass is 263 g/mol. The fourth-order valence-corrected chi connectivity index (χ4v) is 2.37. The van der Waals surface area contributed by atoms with Gasteiger partial charge >= 0.3 is 0 Å². The Kier molecular flexibility index (Phi) is 4.10. The average Bonchev–Trinajstić information content (AvgIpc) is 2.41. The van der Waals surface area contributed by atoms with E-state index in [9.17, 15) is 9.90 Å². The predicted octanol–water partition coefficient (Wildman–Crippen LogP) is 1.61. The number of nitrogens with zero attached hydrogens (tertiary/aromatic N) is 1. The lowest BCUT2D eigenvalue weighted by Crippen LogP contribution is -2.63. The molecule has 0 saturated carbocycles. The average molecular weight is 263 g/mol. The number of carbonyl (C=O) groups is 1. The minimum atomic E-state index is -0.653. The van der Waals surface area contributed by atoms with Crippen molar-refractivity contribution in [2.24, 2.45) is 0 Å². The van der Waals surface area contributed by atoms with Gasteiger partial charge in [-0.3, -0.25) is 4.79 Å². The van der Waals surface area contributed by atoms with Gasteiger partial charge in [0.2, 0.25) is 5.91 Å². The van der Waals surface area contributed by atoms with E-state index >= 15 is 0 Å². The number of hydrogen-bond donors (Lipinski definition) is 1. The molecule has 0 bridgehead atoms. The highest BCUT2D eigenvalue weighted by atomic mass is 16.5. The van der Waals surface area contributed by atoms with Crippen LogP contribution in [0, 0.1) is 0 Å². The Balaban J connectivity index is 1.85. The summed E-state index contributed by atoms with van der Waals surface area (Å²) in [5.41, 5.74) is 0.393. The maximum Gasteiger partial charge on any atom is 0.223 e. The molecule has 1 heterocycles. The Labute approximate surface area is 114 Å². The molecule has 104 valence electrons. The van der Waals surface area contributed by atoms with E-state index in [1.165, 1.54) is 0 Å². The Bertz CT molecular complexity index is 452. The maximum atomic E-state index is 12.0. The molecule has 19 heavy (non-hydrogen) atoms. The summed E-state index contributed by atoms with van der Waals surface area (Å²) in [5, 5.41) is 9.89. The number of rotatable bonds is 5. The number of likely N-dealkylation sites (tertiary alicyclic amines) is 1. The van der Waals surface area contributed by atoms with Crippen molar-refractivity contribution < 1.29 is 14.6 Å². The SMILES string of the molecule is CCC1(O)CN(C(=O)CCc2ccccc2OC)C1. The lowest BCUT2D eigenvalue weighted by molar-refractivity contribution is -0.155. The van der Waals surface area contributed by atoms with Gasteiger partial charge in [-0.1, -0.05) is 25.1 Å². The van der Waals surface area contributed by atoms with Crippen molar-refractivity contribution in [2.45, 2.75) is 31.8 Å². The van der Waals surface area contributed by atoms with Gasteiger partial charge in [-0.15, -0.1) is 0 Å². The van der Waals surface area contributed by atoms with E-state index < -0.39 is 5.60 Å². The third-order valence-corrected chi connectivity index (χ3v) is 3.78. The molecule has 0 radical (unpaired) electrons. The zero-order chi connectivity index (χ0) is 13.9. The van der Waals surface area contributed by atoms with Crippen LogP contribution in [-0.2, 0) is 11.2 Å². The van der Waals surface area contributed by atoms with Crippen LogP contribution in [0.3, 0.4) is 0 Å². The van der Waals surface area contributed by atoms with Gasteiger partial charge in [-0.25, -0.2) is 0 Å². The van der Waals surface area contributed by atoms with Crippen molar-refractivity contribution in [1.82, 2.24) is 4.90 Å². The number of methoxy groups -OCH3 is 1. The third-order valence-electron chi connectivity index (χ3n) is 3.78. The maximum absolute atomic E-state index is 12.0. The Morgan fingerprint density at radius 1 is 1.42 bits per heavy atom. The number of amides is 1. The standard InChI is InChI=1S/C15H21NO3/c1-3-15(18)10-16(11-15)14(17)9-8-12-6-4-5-7-13(12)19-2/h4-7,18H,3,8-11H2,1-2H3. The number of para-hydroxylation sites is 1. The van der Waals surface area contributed by atoms with Crippen molar-refractivity contribution in [3.63, 3.8) is 0 Å². The van der Waals surface area contributed by atoms with E-state index in [0.717, 1.165) is 11.3 Å². The third kappa shape index (κ3) is 3.07. The van der Waals surface area contributed by atoms with Gasteiger partial charge in [0.15, 0.2) is 0 Å².